The van der Waals surface area contributed by atoms with Gasteiger partial charge in [-0.25, -0.2) is 4.79 Å². The number of rotatable bonds is 7. The number of nitrogens with one attached hydrogen (secondary N) is 1. The zero-order valence-electron chi connectivity index (χ0n) is 16.5. The van der Waals surface area contributed by atoms with Crippen LogP contribution in [0.1, 0.15) is 22.3 Å². The van der Waals surface area contributed by atoms with Crippen LogP contribution in [0.4, 0.5) is 5.88 Å². The lowest BCUT2D eigenvalue weighted by Crippen LogP contribution is -2.12. The largest absolute Gasteiger partial charge is 0.478 e. The minimum absolute atomic E-state index is 0.0841. The summed E-state index contributed by atoms with van der Waals surface area (Å²) in [5.74, 6) is -1.23. The van der Waals surface area contributed by atoms with Gasteiger partial charge in [-0.3, -0.25) is 15.1 Å². The number of pyridine rings is 1. The number of hydrogen-bond acceptors (Lipinski definition) is 5. The van der Waals surface area contributed by atoms with Gasteiger partial charge in [0.05, 0.1) is 11.1 Å². The standard InChI is InChI=1S/C24H19N3O4/c28-20(11-10-16-6-2-1-3-7-16)26-23-21(18-8-4-5-9-19(18)24(29)30)22(27-31-23)17-12-14-25-15-13-17/h1-9,12-15H,10-11H2,(H,26,28)(H,29,30). The first-order chi connectivity index (χ1) is 15.1. The van der Waals surface area contributed by atoms with Gasteiger partial charge in [-0.05, 0) is 30.2 Å². The van der Waals surface area contributed by atoms with E-state index >= 15 is 0 Å². The zero-order chi connectivity index (χ0) is 21.6. The summed E-state index contributed by atoms with van der Waals surface area (Å²) in [7, 11) is 0. The highest BCUT2D eigenvalue weighted by molar-refractivity contribution is 6.03. The first-order valence-electron chi connectivity index (χ1n) is 9.70. The maximum atomic E-state index is 12.6. The van der Waals surface area contributed by atoms with E-state index in [0.717, 1.165) is 5.56 Å². The number of amides is 1. The molecular formula is C24H19N3O4. The summed E-state index contributed by atoms with van der Waals surface area (Å²) in [6.07, 6.45) is 4.03. The van der Waals surface area contributed by atoms with E-state index in [4.69, 9.17) is 4.52 Å². The Morgan fingerprint density at radius 2 is 1.65 bits per heavy atom. The van der Waals surface area contributed by atoms with Gasteiger partial charge in [-0.15, -0.1) is 0 Å². The molecule has 2 heterocycles. The van der Waals surface area contributed by atoms with Gasteiger partial charge in [0.1, 0.15) is 5.69 Å². The predicted molar refractivity (Wildman–Crippen MR) is 116 cm³/mol. The van der Waals surface area contributed by atoms with Crippen LogP contribution in [-0.4, -0.2) is 27.1 Å². The van der Waals surface area contributed by atoms with Gasteiger partial charge in [-0.2, -0.15) is 0 Å². The summed E-state index contributed by atoms with van der Waals surface area (Å²) in [6.45, 7) is 0. The van der Waals surface area contributed by atoms with Crippen LogP contribution < -0.4 is 5.32 Å². The Kier molecular flexibility index (Phi) is 5.84. The van der Waals surface area contributed by atoms with Crippen LogP contribution in [0.3, 0.4) is 0 Å². The summed E-state index contributed by atoms with van der Waals surface area (Å²) >= 11 is 0. The molecule has 2 aromatic carbocycles. The predicted octanol–water partition coefficient (Wildman–Crippen LogP) is 4.67. The molecule has 154 valence electrons. The summed E-state index contributed by atoms with van der Waals surface area (Å²) in [5.41, 5.74) is 3.07. The van der Waals surface area contributed by atoms with Crippen LogP contribution in [0, 0.1) is 0 Å². The molecule has 0 saturated carbocycles. The van der Waals surface area contributed by atoms with E-state index in [1.165, 1.54) is 6.07 Å². The van der Waals surface area contributed by atoms with Crippen molar-refractivity contribution < 1.29 is 19.2 Å². The molecule has 0 unspecified atom stereocenters. The summed E-state index contributed by atoms with van der Waals surface area (Å²) in [5, 5.41) is 16.5. The number of benzene rings is 2. The van der Waals surface area contributed by atoms with Crippen molar-refractivity contribution in [2.24, 2.45) is 0 Å². The Hall–Kier alpha value is -4.26. The summed E-state index contributed by atoms with van der Waals surface area (Å²) < 4.78 is 5.47. The number of anilines is 1. The number of carboxylic acid groups (broad SMARTS) is 1. The molecule has 31 heavy (non-hydrogen) atoms. The van der Waals surface area contributed by atoms with Crippen molar-refractivity contribution >= 4 is 17.8 Å². The molecule has 0 atom stereocenters. The van der Waals surface area contributed by atoms with E-state index in [9.17, 15) is 14.7 Å². The van der Waals surface area contributed by atoms with E-state index < -0.39 is 5.97 Å². The second kappa shape index (κ2) is 9.04. The van der Waals surface area contributed by atoms with E-state index in [0.29, 0.717) is 28.8 Å². The molecule has 0 radical (unpaired) electrons. The van der Waals surface area contributed by atoms with Gasteiger partial charge in [0, 0.05) is 29.9 Å². The Morgan fingerprint density at radius 1 is 0.935 bits per heavy atom. The maximum absolute atomic E-state index is 12.6. The number of aryl methyl sites for hydroxylation is 1. The molecule has 0 fully saturated rings. The van der Waals surface area contributed by atoms with Crippen molar-refractivity contribution in [2.75, 3.05) is 5.32 Å². The molecule has 0 bridgehead atoms. The van der Waals surface area contributed by atoms with Crippen molar-refractivity contribution in [1.82, 2.24) is 10.1 Å². The van der Waals surface area contributed by atoms with Crippen LogP contribution in [0.15, 0.2) is 83.6 Å². The lowest BCUT2D eigenvalue weighted by Gasteiger charge is -2.09. The first kappa shape index (κ1) is 20.0. The van der Waals surface area contributed by atoms with E-state index in [-0.39, 0.29) is 23.8 Å². The van der Waals surface area contributed by atoms with Crippen LogP contribution in [0.2, 0.25) is 0 Å². The highest BCUT2D eigenvalue weighted by Crippen LogP contribution is 2.39. The molecule has 4 rings (SSSR count). The number of hydrogen-bond donors (Lipinski definition) is 2. The van der Waals surface area contributed by atoms with Crippen molar-refractivity contribution in [2.45, 2.75) is 12.8 Å². The molecule has 1 amide bonds. The van der Waals surface area contributed by atoms with Crippen LogP contribution in [-0.2, 0) is 11.2 Å². The van der Waals surface area contributed by atoms with Crippen molar-refractivity contribution in [3.05, 3.63) is 90.3 Å². The van der Waals surface area contributed by atoms with Crippen LogP contribution in [0.5, 0.6) is 0 Å². The highest BCUT2D eigenvalue weighted by Gasteiger charge is 2.24. The molecule has 2 aromatic heterocycles. The van der Waals surface area contributed by atoms with Gasteiger partial charge in [0.2, 0.25) is 11.8 Å². The maximum Gasteiger partial charge on any atom is 0.336 e. The van der Waals surface area contributed by atoms with Crippen molar-refractivity contribution in [3.63, 3.8) is 0 Å². The Morgan fingerprint density at radius 3 is 2.39 bits per heavy atom. The highest BCUT2D eigenvalue weighted by atomic mass is 16.5. The molecule has 0 spiro atoms. The lowest BCUT2D eigenvalue weighted by atomic mass is 9.97. The molecule has 0 aliphatic heterocycles. The van der Waals surface area contributed by atoms with Gasteiger partial charge in [0.25, 0.3) is 0 Å². The fourth-order valence-electron chi connectivity index (χ4n) is 3.31. The average molecular weight is 413 g/mol. The zero-order valence-corrected chi connectivity index (χ0v) is 16.5. The smallest absolute Gasteiger partial charge is 0.336 e. The second-order valence-corrected chi connectivity index (χ2v) is 6.86. The molecule has 2 N–H and O–H groups in total. The van der Waals surface area contributed by atoms with Gasteiger partial charge in [0.15, 0.2) is 0 Å². The van der Waals surface area contributed by atoms with E-state index in [1.807, 2.05) is 30.3 Å². The van der Waals surface area contributed by atoms with Gasteiger partial charge in [-0.1, -0.05) is 53.7 Å². The quantitative estimate of drug-likeness (QED) is 0.456. The molecule has 7 nitrogen and oxygen atoms in total. The number of aromatic nitrogens is 2. The fourth-order valence-corrected chi connectivity index (χ4v) is 3.31. The number of carbonyl (C=O) groups excluding carboxylic acids is 1. The molecule has 0 aliphatic carbocycles. The lowest BCUT2D eigenvalue weighted by molar-refractivity contribution is -0.116. The number of carbonyl (C=O) groups is 2. The Labute approximate surface area is 178 Å². The SMILES string of the molecule is O=C(CCc1ccccc1)Nc1onc(-c2ccncc2)c1-c1ccccc1C(=O)O. The van der Waals surface area contributed by atoms with E-state index in [2.05, 4.69) is 15.5 Å². The third kappa shape index (κ3) is 4.51. The molecule has 7 heteroatoms. The van der Waals surface area contributed by atoms with Gasteiger partial charge < -0.3 is 9.63 Å². The normalized spacial score (nSPS) is 10.6. The minimum atomic E-state index is -1.08. The second-order valence-electron chi connectivity index (χ2n) is 6.86. The molecule has 0 saturated heterocycles. The molecule has 0 aliphatic rings. The Bertz CT molecular complexity index is 1200. The average Bonchev–Trinajstić information content (AvgIpc) is 3.22. The van der Waals surface area contributed by atoms with Crippen molar-refractivity contribution in [1.29, 1.82) is 0 Å². The summed E-state index contributed by atoms with van der Waals surface area (Å²) in [6, 6.07) is 19.7. The fraction of sp³-hybridized carbons (Fsp3) is 0.0833. The number of nitrogens with zero attached hydrogens (tertiary/aromatic N) is 2. The van der Waals surface area contributed by atoms with E-state index in [1.54, 1.807) is 42.7 Å². The third-order valence-corrected chi connectivity index (χ3v) is 4.81. The topological polar surface area (TPSA) is 105 Å². The molecule has 4 aromatic rings. The van der Waals surface area contributed by atoms with Crippen molar-refractivity contribution in [3.8, 4) is 22.4 Å². The number of aromatic carboxylic acids is 1. The monoisotopic (exact) mass is 413 g/mol. The number of carboxylic acids is 1. The first-order valence-corrected chi connectivity index (χ1v) is 9.70. The molecular weight excluding hydrogens is 394 g/mol. The van der Waals surface area contributed by atoms with Gasteiger partial charge >= 0.3 is 5.97 Å². The minimum Gasteiger partial charge on any atom is -0.478 e. The van der Waals surface area contributed by atoms with Crippen LogP contribution in [0.25, 0.3) is 22.4 Å². The summed E-state index contributed by atoms with van der Waals surface area (Å²) in [4.78, 5) is 28.4. The third-order valence-electron chi connectivity index (χ3n) is 4.81. The van der Waals surface area contributed by atoms with Crippen LogP contribution >= 0.6 is 0 Å². The Balaban J connectivity index is 1.69.